The fourth-order valence-corrected chi connectivity index (χ4v) is 2.49. The molecule has 2 aromatic rings. The lowest BCUT2D eigenvalue weighted by atomic mass is 10.3. The number of esters is 1. The highest BCUT2D eigenvalue weighted by molar-refractivity contribution is 7.98. The van der Waals surface area contributed by atoms with Gasteiger partial charge in [-0.3, -0.25) is 4.79 Å². The van der Waals surface area contributed by atoms with Gasteiger partial charge in [0.15, 0.2) is 12.7 Å². The smallest absolute Gasteiger partial charge is 0.347 e. The summed E-state index contributed by atoms with van der Waals surface area (Å²) in [5, 5.41) is 2.73. The third-order valence-corrected chi connectivity index (χ3v) is 3.91. The molecule has 0 fully saturated rings. The summed E-state index contributed by atoms with van der Waals surface area (Å²) in [4.78, 5) is 24.8. The van der Waals surface area contributed by atoms with Crippen molar-refractivity contribution in [2.75, 3.05) is 18.2 Å². The summed E-state index contributed by atoms with van der Waals surface area (Å²) in [6.45, 7) is 1.22. The van der Waals surface area contributed by atoms with Crippen molar-refractivity contribution >= 4 is 29.3 Å². The van der Waals surface area contributed by atoms with Crippen molar-refractivity contribution in [1.82, 2.24) is 0 Å². The van der Waals surface area contributed by atoms with Crippen LogP contribution in [0.4, 0.5) is 5.69 Å². The molecule has 0 unspecified atom stereocenters. The van der Waals surface area contributed by atoms with Gasteiger partial charge in [-0.2, -0.15) is 0 Å². The van der Waals surface area contributed by atoms with Gasteiger partial charge in [0, 0.05) is 4.90 Å². The Morgan fingerprint density at radius 2 is 1.75 bits per heavy atom. The maximum Gasteiger partial charge on any atom is 0.347 e. The summed E-state index contributed by atoms with van der Waals surface area (Å²) in [7, 11) is 0. The standard InChI is InChI=1S/C18H19NO4S/c1-13(23-14-8-4-3-5-9-14)18(21)22-12-17(20)19-15-10-6-7-11-16(15)24-2/h3-11,13H,12H2,1-2H3,(H,19,20)/t13-/m1/s1. The van der Waals surface area contributed by atoms with Crippen LogP contribution in [0.5, 0.6) is 5.75 Å². The number of hydrogen-bond donors (Lipinski definition) is 1. The van der Waals surface area contributed by atoms with E-state index in [-0.39, 0.29) is 6.61 Å². The second-order valence-corrected chi connectivity index (χ2v) is 5.78. The Labute approximate surface area is 145 Å². The van der Waals surface area contributed by atoms with Gasteiger partial charge in [-0.25, -0.2) is 4.79 Å². The van der Waals surface area contributed by atoms with Crippen molar-refractivity contribution in [1.29, 1.82) is 0 Å². The van der Waals surface area contributed by atoms with Gasteiger partial charge in [0.05, 0.1) is 5.69 Å². The monoisotopic (exact) mass is 345 g/mol. The molecule has 0 aliphatic carbocycles. The van der Waals surface area contributed by atoms with Crippen molar-refractivity contribution < 1.29 is 19.1 Å². The number of rotatable bonds is 7. The average Bonchev–Trinajstić information content (AvgIpc) is 2.61. The van der Waals surface area contributed by atoms with Crippen molar-refractivity contribution in [3.8, 4) is 5.75 Å². The average molecular weight is 345 g/mol. The van der Waals surface area contributed by atoms with E-state index in [1.54, 1.807) is 25.1 Å². The molecule has 0 aliphatic rings. The Morgan fingerprint density at radius 3 is 2.46 bits per heavy atom. The molecule has 1 atom stereocenters. The van der Waals surface area contributed by atoms with E-state index in [1.807, 2.05) is 42.7 Å². The second-order valence-electron chi connectivity index (χ2n) is 4.93. The number of benzene rings is 2. The zero-order valence-corrected chi connectivity index (χ0v) is 14.3. The van der Waals surface area contributed by atoms with E-state index < -0.39 is 18.0 Å². The molecule has 126 valence electrons. The minimum atomic E-state index is -0.793. The SMILES string of the molecule is CSc1ccccc1NC(=O)COC(=O)[C@@H](C)Oc1ccccc1. The highest BCUT2D eigenvalue weighted by atomic mass is 32.2. The quantitative estimate of drug-likeness (QED) is 0.616. The van der Waals surface area contributed by atoms with E-state index in [1.165, 1.54) is 11.8 Å². The molecule has 1 N–H and O–H groups in total. The molecule has 6 heteroatoms. The lowest BCUT2D eigenvalue weighted by Crippen LogP contribution is -2.29. The molecule has 1 amide bonds. The number of ether oxygens (including phenoxy) is 2. The first kappa shape index (κ1) is 17.9. The van der Waals surface area contributed by atoms with E-state index in [4.69, 9.17) is 9.47 Å². The number of nitrogens with one attached hydrogen (secondary N) is 1. The summed E-state index contributed by atoms with van der Waals surface area (Å²) in [5.41, 5.74) is 0.694. The predicted octanol–water partition coefficient (Wildman–Crippen LogP) is 3.36. The van der Waals surface area contributed by atoms with Crippen LogP contribution in [0.1, 0.15) is 6.92 Å². The molecular formula is C18H19NO4S. The van der Waals surface area contributed by atoms with E-state index in [9.17, 15) is 9.59 Å². The molecule has 5 nitrogen and oxygen atoms in total. The molecule has 24 heavy (non-hydrogen) atoms. The highest BCUT2D eigenvalue weighted by Gasteiger charge is 2.18. The fourth-order valence-electron chi connectivity index (χ4n) is 1.94. The van der Waals surface area contributed by atoms with Crippen molar-refractivity contribution in [2.24, 2.45) is 0 Å². The highest BCUT2D eigenvalue weighted by Crippen LogP contribution is 2.24. The number of carbonyl (C=O) groups is 2. The molecule has 2 aromatic carbocycles. The molecule has 0 saturated heterocycles. The lowest BCUT2D eigenvalue weighted by molar-refractivity contribution is -0.153. The van der Waals surface area contributed by atoms with Crippen LogP contribution >= 0.6 is 11.8 Å². The van der Waals surface area contributed by atoms with Crippen LogP contribution < -0.4 is 10.1 Å². The van der Waals surface area contributed by atoms with Crippen LogP contribution in [-0.4, -0.2) is 30.8 Å². The minimum Gasteiger partial charge on any atom is -0.479 e. The summed E-state index contributed by atoms with van der Waals surface area (Å²) in [6.07, 6.45) is 1.13. The summed E-state index contributed by atoms with van der Waals surface area (Å²) in [5.74, 6) is -0.413. The van der Waals surface area contributed by atoms with Gasteiger partial charge in [-0.15, -0.1) is 11.8 Å². The topological polar surface area (TPSA) is 64.6 Å². The van der Waals surface area contributed by atoms with E-state index in [0.717, 1.165) is 4.90 Å². The number of carbonyl (C=O) groups excluding carboxylic acids is 2. The third-order valence-electron chi connectivity index (χ3n) is 3.11. The molecule has 0 heterocycles. The van der Waals surface area contributed by atoms with E-state index in [2.05, 4.69) is 5.32 Å². The normalized spacial score (nSPS) is 11.4. The summed E-state index contributed by atoms with van der Waals surface area (Å²) < 4.78 is 10.5. The number of thioether (sulfide) groups is 1. The number of hydrogen-bond acceptors (Lipinski definition) is 5. The van der Waals surface area contributed by atoms with Crippen LogP contribution in [-0.2, 0) is 14.3 Å². The molecule has 0 aromatic heterocycles. The van der Waals surface area contributed by atoms with E-state index in [0.29, 0.717) is 11.4 Å². The maximum absolute atomic E-state index is 11.9. The Hall–Kier alpha value is -2.47. The first-order valence-corrected chi connectivity index (χ1v) is 8.64. The zero-order valence-electron chi connectivity index (χ0n) is 13.5. The van der Waals surface area contributed by atoms with Gasteiger partial charge in [0.25, 0.3) is 5.91 Å². The first-order chi connectivity index (χ1) is 11.6. The van der Waals surface area contributed by atoms with Crippen LogP contribution in [0.3, 0.4) is 0 Å². The Balaban J connectivity index is 1.81. The first-order valence-electron chi connectivity index (χ1n) is 7.41. The van der Waals surface area contributed by atoms with Gasteiger partial charge in [-0.1, -0.05) is 30.3 Å². The number of amides is 1. The Morgan fingerprint density at radius 1 is 1.08 bits per heavy atom. The van der Waals surface area contributed by atoms with Crippen molar-refractivity contribution in [3.63, 3.8) is 0 Å². The van der Waals surface area contributed by atoms with Crippen LogP contribution in [0.2, 0.25) is 0 Å². The summed E-state index contributed by atoms with van der Waals surface area (Å²) >= 11 is 1.53. The van der Waals surface area contributed by atoms with E-state index >= 15 is 0 Å². The molecule has 2 rings (SSSR count). The molecule has 0 bridgehead atoms. The lowest BCUT2D eigenvalue weighted by Gasteiger charge is -2.14. The van der Waals surface area contributed by atoms with Gasteiger partial charge in [-0.05, 0) is 37.4 Å². The van der Waals surface area contributed by atoms with Gasteiger partial charge in [0.1, 0.15) is 5.75 Å². The van der Waals surface area contributed by atoms with Crippen molar-refractivity contribution in [3.05, 3.63) is 54.6 Å². The Bertz CT molecular complexity index is 690. The van der Waals surface area contributed by atoms with Gasteiger partial charge < -0.3 is 14.8 Å². The molecule has 0 spiro atoms. The zero-order chi connectivity index (χ0) is 17.4. The minimum absolute atomic E-state index is 0.357. The molecule has 0 radical (unpaired) electrons. The van der Waals surface area contributed by atoms with Gasteiger partial charge in [0.2, 0.25) is 0 Å². The number of para-hydroxylation sites is 2. The molecule has 0 aliphatic heterocycles. The summed E-state index contributed by atoms with van der Waals surface area (Å²) in [6, 6.07) is 16.4. The third kappa shape index (κ3) is 5.31. The van der Waals surface area contributed by atoms with Crippen LogP contribution in [0, 0.1) is 0 Å². The van der Waals surface area contributed by atoms with Crippen LogP contribution in [0.25, 0.3) is 0 Å². The molecular weight excluding hydrogens is 326 g/mol. The fraction of sp³-hybridized carbons (Fsp3) is 0.222. The van der Waals surface area contributed by atoms with Crippen molar-refractivity contribution in [2.45, 2.75) is 17.9 Å². The predicted molar refractivity (Wildman–Crippen MR) is 94.3 cm³/mol. The molecule has 0 saturated carbocycles. The maximum atomic E-state index is 11.9. The Kier molecular flexibility index (Phi) is 6.69. The second kappa shape index (κ2) is 8.98. The van der Waals surface area contributed by atoms with Gasteiger partial charge >= 0.3 is 5.97 Å². The largest absolute Gasteiger partial charge is 0.479 e. The van der Waals surface area contributed by atoms with Crippen LogP contribution in [0.15, 0.2) is 59.5 Å². The number of anilines is 1.